The van der Waals surface area contributed by atoms with Gasteiger partial charge in [0, 0.05) is 13.0 Å². The summed E-state index contributed by atoms with van der Waals surface area (Å²) < 4.78 is 15.1. The van der Waals surface area contributed by atoms with E-state index in [9.17, 15) is 14.4 Å². The molecule has 0 aromatic heterocycles. The zero-order valence-corrected chi connectivity index (χ0v) is 13.6. The predicted octanol–water partition coefficient (Wildman–Crippen LogP) is 0.945. The molecule has 0 spiro atoms. The second kappa shape index (κ2) is 8.12. The van der Waals surface area contributed by atoms with Crippen LogP contribution in [0.4, 0.5) is 0 Å². The fraction of sp³-hybridized carbons (Fsp3) is 0.800. The maximum Gasteiger partial charge on any atom is 0.328 e. The van der Waals surface area contributed by atoms with E-state index in [1.807, 2.05) is 0 Å². The smallest absolute Gasteiger partial charge is 0.328 e. The van der Waals surface area contributed by atoms with Crippen molar-refractivity contribution >= 4 is 17.8 Å². The molecule has 0 aromatic carbocycles. The van der Waals surface area contributed by atoms with Gasteiger partial charge >= 0.3 is 11.9 Å². The van der Waals surface area contributed by atoms with Gasteiger partial charge in [-0.2, -0.15) is 0 Å². The maximum atomic E-state index is 12.0. The molecular weight excluding hydrogens is 290 g/mol. The van der Waals surface area contributed by atoms with E-state index in [1.54, 1.807) is 20.8 Å². The quantitative estimate of drug-likeness (QED) is 0.734. The average Bonchev–Trinajstić information content (AvgIpc) is 2.94. The molecule has 1 fully saturated rings. The summed E-state index contributed by atoms with van der Waals surface area (Å²) in [4.78, 5) is 35.4. The van der Waals surface area contributed by atoms with Gasteiger partial charge in [0.1, 0.15) is 17.7 Å². The van der Waals surface area contributed by atoms with Crippen LogP contribution >= 0.6 is 0 Å². The van der Waals surface area contributed by atoms with Crippen LogP contribution in [0.3, 0.4) is 0 Å². The molecular formula is C15H25NO6. The number of amides is 1. The summed E-state index contributed by atoms with van der Waals surface area (Å²) in [5.74, 6) is -1.36. The lowest BCUT2D eigenvalue weighted by atomic mass is 10.1. The van der Waals surface area contributed by atoms with E-state index in [2.05, 4.69) is 10.1 Å². The maximum absolute atomic E-state index is 12.0. The van der Waals surface area contributed by atoms with Crippen molar-refractivity contribution in [1.82, 2.24) is 5.32 Å². The molecule has 0 bridgehead atoms. The first kappa shape index (κ1) is 18.4. The van der Waals surface area contributed by atoms with Crippen molar-refractivity contribution in [3.63, 3.8) is 0 Å². The van der Waals surface area contributed by atoms with Gasteiger partial charge in [-0.3, -0.25) is 9.59 Å². The second-order valence-electron chi connectivity index (χ2n) is 6.21. The Morgan fingerprint density at radius 1 is 1.32 bits per heavy atom. The third-order valence-electron chi connectivity index (χ3n) is 3.08. The number of carbonyl (C=O) groups is 3. The summed E-state index contributed by atoms with van der Waals surface area (Å²) in [6, 6.07) is -0.880. The Hall–Kier alpha value is -1.63. The summed E-state index contributed by atoms with van der Waals surface area (Å²) in [6.45, 7) is 5.84. The van der Waals surface area contributed by atoms with Crippen LogP contribution < -0.4 is 5.32 Å². The number of hydrogen-bond donors (Lipinski definition) is 1. The van der Waals surface area contributed by atoms with Crippen LogP contribution in [-0.4, -0.2) is 49.3 Å². The molecule has 1 aliphatic rings. The molecule has 1 N–H and O–H groups in total. The summed E-state index contributed by atoms with van der Waals surface area (Å²) >= 11 is 0. The number of carbonyl (C=O) groups excluding carboxylic acids is 3. The van der Waals surface area contributed by atoms with Crippen LogP contribution in [0.1, 0.15) is 46.5 Å². The molecule has 0 radical (unpaired) electrons. The minimum Gasteiger partial charge on any atom is -0.467 e. The van der Waals surface area contributed by atoms with Gasteiger partial charge in [0.15, 0.2) is 0 Å². The molecule has 0 saturated carbocycles. The zero-order chi connectivity index (χ0) is 16.8. The van der Waals surface area contributed by atoms with Crippen LogP contribution in [0, 0.1) is 0 Å². The number of hydrogen-bond acceptors (Lipinski definition) is 6. The highest BCUT2D eigenvalue weighted by Crippen LogP contribution is 2.14. The molecule has 126 valence electrons. The topological polar surface area (TPSA) is 90.9 Å². The van der Waals surface area contributed by atoms with Crippen molar-refractivity contribution < 1.29 is 28.6 Å². The highest BCUT2D eigenvalue weighted by Gasteiger charge is 2.29. The van der Waals surface area contributed by atoms with E-state index in [1.165, 1.54) is 7.11 Å². The Balaban J connectivity index is 2.52. The van der Waals surface area contributed by atoms with Crippen molar-refractivity contribution in [3.05, 3.63) is 0 Å². The van der Waals surface area contributed by atoms with Gasteiger partial charge in [-0.25, -0.2) is 4.79 Å². The van der Waals surface area contributed by atoms with Gasteiger partial charge in [-0.1, -0.05) is 0 Å². The van der Waals surface area contributed by atoms with Crippen LogP contribution in [0.2, 0.25) is 0 Å². The Bertz CT molecular complexity index is 409. The van der Waals surface area contributed by atoms with Gasteiger partial charge < -0.3 is 19.5 Å². The lowest BCUT2D eigenvalue weighted by molar-refractivity contribution is -0.155. The van der Waals surface area contributed by atoms with Crippen LogP contribution in [-0.2, 0) is 28.6 Å². The van der Waals surface area contributed by atoms with Crippen molar-refractivity contribution in [2.45, 2.75) is 64.2 Å². The summed E-state index contributed by atoms with van der Waals surface area (Å²) in [5, 5.41) is 2.58. The molecule has 2 atom stereocenters. The fourth-order valence-corrected chi connectivity index (χ4v) is 2.10. The minimum absolute atomic E-state index is 0.0167. The highest BCUT2D eigenvalue weighted by atomic mass is 16.6. The number of rotatable bonds is 6. The Morgan fingerprint density at radius 2 is 2.00 bits per heavy atom. The first-order valence-corrected chi connectivity index (χ1v) is 7.44. The number of nitrogens with one attached hydrogen (secondary N) is 1. The van der Waals surface area contributed by atoms with Gasteiger partial charge in [-0.05, 0) is 40.0 Å². The lowest BCUT2D eigenvalue weighted by Gasteiger charge is -2.21. The SMILES string of the molecule is COC(=O)[C@@H](CCC(=O)OC(C)(C)C)NC(=O)[C@@H]1CCCO1. The van der Waals surface area contributed by atoms with E-state index >= 15 is 0 Å². The summed E-state index contributed by atoms with van der Waals surface area (Å²) in [5.41, 5.74) is -0.585. The summed E-state index contributed by atoms with van der Waals surface area (Å²) in [6.07, 6.45) is 1.06. The summed E-state index contributed by atoms with van der Waals surface area (Å²) in [7, 11) is 1.24. The largest absolute Gasteiger partial charge is 0.467 e. The normalized spacial score (nSPS) is 19.4. The molecule has 0 unspecified atom stereocenters. The van der Waals surface area contributed by atoms with E-state index in [0.29, 0.717) is 13.0 Å². The Kier molecular flexibility index (Phi) is 6.80. The van der Waals surface area contributed by atoms with Crippen molar-refractivity contribution in [1.29, 1.82) is 0 Å². The van der Waals surface area contributed by atoms with Crippen LogP contribution in [0.15, 0.2) is 0 Å². The number of ether oxygens (including phenoxy) is 3. The molecule has 1 rings (SSSR count). The van der Waals surface area contributed by atoms with Crippen molar-refractivity contribution in [2.75, 3.05) is 13.7 Å². The third kappa shape index (κ3) is 6.43. The van der Waals surface area contributed by atoms with E-state index in [4.69, 9.17) is 9.47 Å². The molecule has 1 saturated heterocycles. The highest BCUT2D eigenvalue weighted by molar-refractivity contribution is 5.87. The monoisotopic (exact) mass is 315 g/mol. The van der Waals surface area contributed by atoms with Crippen LogP contribution in [0.25, 0.3) is 0 Å². The average molecular weight is 315 g/mol. The molecule has 7 heteroatoms. The van der Waals surface area contributed by atoms with E-state index in [0.717, 1.165) is 6.42 Å². The molecule has 1 heterocycles. The van der Waals surface area contributed by atoms with Gasteiger partial charge in [0.25, 0.3) is 0 Å². The Labute approximate surface area is 130 Å². The van der Waals surface area contributed by atoms with Crippen molar-refractivity contribution in [3.8, 4) is 0 Å². The van der Waals surface area contributed by atoms with Crippen LogP contribution in [0.5, 0.6) is 0 Å². The minimum atomic E-state index is -0.880. The molecule has 0 aromatic rings. The first-order chi connectivity index (χ1) is 10.2. The second-order valence-corrected chi connectivity index (χ2v) is 6.21. The molecule has 22 heavy (non-hydrogen) atoms. The number of esters is 2. The predicted molar refractivity (Wildman–Crippen MR) is 78.0 cm³/mol. The molecule has 0 aliphatic carbocycles. The van der Waals surface area contributed by atoms with Crippen molar-refractivity contribution in [2.24, 2.45) is 0 Å². The van der Waals surface area contributed by atoms with E-state index in [-0.39, 0.29) is 18.7 Å². The molecule has 1 aliphatic heterocycles. The lowest BCUT2D eigenvalue weighted by Crippen LogP contribution is -2.46. The third-order valence-corrected chi connectivity index (χ3v) is 3.08. The zero-order valence-electron chi connectivity index (χ0n) is 13.6. The van der Waals surface area contributed by atoms with Gasteiger partial charge in [-0.15, -0.1) is 0 Å². The molecule has 1 amide bonds. The van der Waals surface area contributed by atoms with Gasteiger partial charge in [0.2, 0.25) is 5.91 Å². The van der Waals surface area contributed by atoms with E-state index < -0.39 is 29.7 Å². The standard InChI is InChI=1S/C15H25NO6/c1-15(2,3)22-12(17)8-7-10(14(19)20-4)16-13(18)11-6-5-9-21-11/h10-11H,5-9H2,1-4H3,(H,16,18)/t10-,11+/m1/s1. The number of methoxy groups -OCH3 is 1. The van der Waals surface area contributed by atoms with Gasteiger partial charge in [0.05, 0.1) is 7.11 Å². The first-order valence-electron chi connectivity index (χ1n) is 7.44. The fourth-order valence-electron chi connectivity index (χ4n) is 2.10. The Morgan fingerprint density at radius 3 is 2.50 bits per heavy atom. The molecule has 7 nitrogen and oxygen atoms in total.